The summed E-state index contributed by atoms with van der Waals surface area (Å²) in [5.41, 5.74) is 7.28. The number of halogens is 1. The molecule has 2 aromatic carbocycles. The Labute approximate surface area is 129 Å². The zero-order valence-corrected chi connectivity index (χ0v) is 12.8. The van der Waals surface area contributed by atoms with Gasteiger partial charge in [0, 0.05) is 6.07 Å². The van der Waals surface area contributed by atoms with E-state index in [2.05, 4.69) is 0 Å². The summed E-state index contributed by atoms with van der Waals surface area (Å²) in [4.78, 5) is 11.0. The molecule has 7 heteroatoms. The Bertz CT molecular complexity index is 734. The summed E-state index contributed by atoms with van der Waals surface area (Å²) in [6, 6.07) is 9.60. The van der Waals surface area contributed by atoms with Crippen molar-refractivity contribution in [3.8, 4) is 0 Å². The lowest BCUT2D eigenvalue weighted by atomic mass is 10.2. The number of anilines is 1. The molecule has 0 heterocycles. The number of nitrogen functional groups attached to an aromatic ring is 1. The Kier molecular flexibility index (Phi) is 4.59. The Morgan fingerprint density at radius 2 is 1.95 bits per heavy atom. The summed E-state index contributed by atoms with van der Waals surface area (Å²) < 4.78 is 12.5. The van der Waals surface area contributed by atoms with E-state index >= 15 is 0 Å². The molecule has 1 unspecified atom stereocenters. The van der Waals surface area contributed by atoms with Gasteiger partial charge < -0.3 is 5.73 Å². The average molecular weight is 325 g/mol. The van der Waals surface area contributed by atoms with Gasteiger partial charge in [0.05, 0.1) is 42.6 Å². The standard InChI is InChI=1S/C14H13ClN2O3S/c1-9-4-2-7-13(14(9)16)21(20)8-10-11(15)5-3-6-12(10)17(18)19/h2-7H,8,16H2,1H3. The van der Waals surface area contributed by atoms with Crippen LogP contribution in [0.25, 0.3) is 0 Å². The second-order valence-electron chi connectivity index (χ2n) is 4.47. The van der Waals surface area contributed by atoms with Crippen molar-refractivity contribution < 1.29 is 9.13 Å². The first-order valence-corrected chi connectivity index (χ1v) is 7.76. The van der Waals surface area contributed by atoms with Crippen LogP contribution < -0.4 is 5.73 Å². The van der Waals surface area contributed by atoms with Crippen molar-refractivity contribution in [3.05, 3.63) is 62.7 Å². The minimum atomic E-state index is -1.51. The maximum absolute atomic E-state index is 12.5. The summed E-state index contributed by atoms with van der Waals surface area (Å²) >= 11 is 6.01. The van der Waals surface area contributed by atoms with Crippen molar-refractivity contribution in [3.63, 3.8) is 0 Å². The van der Waals surface area contributed by atoms with Crippen LogP contribution in [0.5, 0.6) is 0 Å². The molecular weight excluding hydrogens is 312 g/mol. The van der Waals surface area contributed by atoms with E-state index in [1.54, 1.807) is 18.2 Å². The fraction of sp³-hybridized carbons (Fsp3) is 0.143. The summed E-state index contributed by atoms with van der Waals surface area (Å²) in [6.45, 7) is 1.81. The number of para-hydroxylation sites is 1. The summed E-state index contributed by atoms with van der Waals surface area (Å²) in [5.74, 6) is -0.0519. The van der Waals surface area contributed by atoms with E-state index in [1.807, 2.05) is 13.0 Å². The molecule has 0 fully saturated rings. The third-order valence-electron chi connectivity index (χ3n) is 3.10. The van der Waals surface area contributed by atoms with E-state index in [4.69, 9.17) is 17.3 Å². The van der Waals surface area contributed by atoms with Crippen molar-refractivity contribution in [2.45, 2.75) is 17.6 Å². The number of hydrogen-bond acceptors (Lipinski definition) is 4. The highest BCUT2D eigenvalue weighted by Crippen LogP contribution is 2.30. The van der Waals surface area contributed by atoms with Crippen molar-refractivity contribution in [2.75, 3.05) is 5.73 Å². The van der Waals surface area contributed by atoms with Crippen molar-refractivity contribution in [1.29, 1.82) is 0 Å². The van der Waals surface area contributed by atoms with E-state index in [-0.39, 0.29) is 22.0 Å². The molecule has 0 aliphatic carbocycles. The fourth-order valence-electron chi connectivity index (χ4n) is 1.92. The first-order chi connectivity index (χ1) is 9.91. The largest absolute Gasteiger partial charge is 0.398 e. The van der Waals surface area contributed by atoms with Gasteiger partial charge in [-0.3, -0.25) is 14.3 Å². The van der Waals surface area contributed by atoms with E-state index in [0.717, 1.165) is 5.56 Å². The molecule has 1 atom stereocenters. The lowest BCUT2D eigenvalue weighted by molar-refractivity contribution is -0.385. The van der Waals surface area contributed by atoms with Crippen LogP contribution in [0, 0.1) is 17.0 Å². The Hall–Kier alpha value is -1.92. The van der Waals surface area contributed by atoms with Gasteiger partial charge in [-0.2, -0.15) is 0 Å². The van der Waals surface area contributed by atoms with Gasteiger partial charge >= 0.3 is 0 Å². The van der Waals surface area contributed by atoms with Crippen molar-refractivity contribution in [2.24, 2.45) is 0 Å². The lowest BCUT2D eigenvalue weighted by Crippen LogP contribution is -2.05. The molecule has 2 rings (SSSR count). The van der Waals surface area contributed by atoms with Crippen LogP contribution in [-0.4, -0.2) is 9.13 Å². The van der Waals surface area contributed by atoms with Crippen LogP contribution in [0.1, 0.15) is 11.1 Å². The molecule has 5 nitrogen and oxygen atoms in total. The SMILES string of the molecule is Cc1cccc(S(=O)Cc2c(Cl)cccc2[N+](=O)[O-])c1N. The van der Waals surface area contributed by atoms with E-state index < -0.39 is 15.7 Å². The minimum Gasteiger partial charge on any atom is -0.398 e. The Morgan fingerprint density at radius 3 is 2.62 bits per heavy atom. The number of nitro benzene ring substituents is 1. The van der Waals surface area contributed by atoms with E-state index in [9.17, 15) is 14.3 Å². The molecule has 0 radical (unpaired) electrons. The number of nitrogens with zero attached hydrogens (tertiary/aromatic N) is 1. The predicted octanol–water partition coefficient (Wildman–Crippen LogP) is 3.45. The fourth-order valence-corrected chi connectivity index (χ4v) is 3.60. The summed E-state index contributed by atoms with van der Waals surface area (Å²) in [6.07, 6.45) is 0. The normalized spacial score (nSPS) is 12.1. The number of hydrogen-bond donors (Lipinski definition) is 1. The van der Waals surface area contributed by atoms with Crippen LogP contribution in [0.2, 0.25) is 5.02 Å². The van der Waals surface area contributed by atoms with Crippen molar-refractivity contribution in [1.82, 2.24) is 0 Å². The number of nitrogens with two attached hydrogens (primary N) is 1. The van der Waals surface area contributed by atoms with Crippen LogP contribution in [0.3, 0.4) is 0 Å². The third-order valence-corrected chi connectivity index (χ3v) is 4.85. The summed E-state index contributed by atoms with van der Waals surface area (Å²) in [7, 11) is -1.51. The highest BCUT2D eigenvalue weighted by molar-refractivity contribution is 7.84. The summed E-state index contributed by atoms with van der Waals surface area (Å²) in [5, 5.41) is 11.3. The highest BCUT2D eigenvalue weighted by atomic mass is 35.5. The topological polar surface area (TPSA) is 86.2 Å². The van der Waals surface area contributed by atoms with Crippen LogP contribution >= 0.6 is 11.6 Å². The molecule has 2 aromatic rings. The minimum absolute atomic E-state index is 0.0519. The second-order valence-corrected chi connectivity index (χ2v) is 6.30. The molecule has 0 amide bonds. The van der Waals surface area contributed by atoms with E-state index in [1.165, 1.54) is 12.1 Å². The Morgan fingerprint density at radius 1 is 1.29 bits per heavy atom. The van der Waals surface area contributed by atoms with Crippen LogP contribution in [0.4, 0.5) is 11.4 Å². The molecule has 0 saturated heterocycles. The molecule has 21 heavy (non-hydrogen) atoms. The third kappa shape index (κ3) is 3.22. The number of benzene rings is 2. The monoisotopic (exact) mass is 324 g/mol. The quantitative estimate of drug-likeness (QED) is 0.530. The molecule has 0 saturated carbocycles. The van der Waals surface area contributed by atoms with Crippen LogP contribution in [0.15, 0.2) is 41.3 Å². The number of rotatable bonds is 4. The zero-order valence-electron chi connectivity index (χ0n) is 11.2. The molecule has 0 bridgehead atoms. The van der Waals surface area contributed by atoms with Gasteiger partial charge in [-0.05, 0) is 24.6 Å². The second kappa shape index (κ2) is 6.24. The van der Waals surface area contributed by atoms with Gasteiger partial charge in [0.1, 0.15) is 0 Å². The molecular formula is C14H13ClN2O3S. The first kappa shape index (κ1) is 15.5. The molecule has 0 spiro atoms. The average Bonchev–Trinajstić information content (AvgIpc) is 2.43. The van der Waals surface area contributed by atoms with Crippen molar-refractivity contribution >= 4 is 33.8 Å². The van der Waals surface area contributed by atoms with Gasteiger partial charge in [-0.15, -0.1) is 0 Å². The predicted molar refractivity (Wildman–Crippen MR) is 83.8 cm³/mol. The van der Waals surface area contributed by atoms with E-state index in [0.29, 0.717) is 10.6 Å². The molecule has 0 aliphatic heterocycles. The zero-order chi connectivity index (χ0) is 15.6. The van der Waals surface area contributed by atoms with Gasteiger partial charge in [0.2, 0.25) is 0 Å². The molecule has 0 aromatic heterocycles. The maximum Gasteiger partial charge on any atom is 0.275 e. The highest BCUT2D eigenvalue weighted by Gasteiger charge is 2.20. The number of aryl methyl sites for hydroxylation is 1. The molecule has 0 aliphatic rings. The maximum atomic E-state index is 12.5. The van der Waals surface area contributed by atoms with Gasteiger partial charge in [0.25, 0.3) is 5.69 Å². The smallest absolute Gasteiger partial charge is 0.275 e. The lowest BCUT2D eigenvalue weighted by Gasteiger charge is -2.09. The number of nitro groups is 1. The van der Waals surface area contributed by atoms with Gasteiger partial charge in [-0.25, -0.2) is 0 Å². The van der Waals surface area contributed by atoms with Gasteiger partial charge in [0.15, 0.2) is 0 Å². The van der Waals surface area contributed by atoms with Crippen LogP contribution in [-0.2, 0) is 16.6 Å². The molecule has 2 N–H and O–H groups in total. The molecule has 110 valence electrons. The first-order valence-electron chi connectivity index (χ1n) is 6.07. The Balaban J connectivity index is 2.41. The van der Waals surface area contributed by atoms with Gasteiger partial charge in [-0.1, -0.05) is 29.8 Å².